The second kappa shape index (κ2) is 4.24. The van der Waals surface area contributed by atoms with E-state index in [0.29, 0.717) is 0 Å². The molecule has 0 rings (SSSR count). The quantitative estimate of drug-likeness (QED) is 0.325. The highest BCUT2D eigenvalue weighted by atomic mass is 16.5. The second-order valence-electron chi connectivity index (χ2n) is 2.41. The Hall–Kier alpha value is -0.610. The smallest absolute Gasteiger partial charge is 0.263 e. The maximum atomic E-state index is 10.8. The molecule has 0 aliphatic carbocycles. The van der Waals surface area contributed by atoms with E-state index in [2.05, 4.69) is 0 Å². The number of rotatable bonds is 3. The van der Waals surface area contributed by atoms with Crippen molar-refractivity contribution < 1.29 is 9.53 Å². The van der Waals surface area contributed by atoms with Gasteiger partial charge >= 0.3 is 0 Å². The van der Waals surface area contributed by atoms with Gasteiger partial charge in [0.2, 0.25) is 0 Å². The van der Waals surface area contributed by atoms with E-state index in [-0.39, 0.29) is 11.8 Å². The maximum absolute atomic E-state index is 10.8. The molecule has 0 fully saturated rings. The van der Waals surface area contributed by atoms with Crippen molar-refractivity contribution in [3.05, 3.63) is 0 Å². The number of nitrogens with one attached hydrogen (secondary N) is 1. The fraction of sp³-hybridized carbons (Fsp3) is 0.833. The minimum atomic E-state index is -0.440. The zero-order chi connectivity index (χ0) is 8.15. The van der Waals surface area contributed by atoms with Crippen molar-refractivity contribution in [2.45, 2.75) is 20.0 Å². The van der Waals surface area contributed by atoms with Crippen LogP contribution in [0.15, 0.2) is 0 Å². The molecule has 0 aliphatic heterocycles. The molecule has 0 saturated carbocycles. The van der Waals surface area contributed by atoms with Gasteiger partial charge in [-0.05, 0) is 5.92 Å². The Labute approximate surface area is 60.7 Å². The van der Waals surface area contributed by atoms with Crippen LogP contribution < -0.4 is 11.3 Å². The molecule has 0 heterocycles. The molecular weight excluding hydrogens is 132 g/mol. The van der Waals surface area contributed by atoms with E-state index in [4.69, 9.17) is 10.6 Å². The number of nitrogens with two attached hydrogens (primary N) is 1. The van der Waals surface area contributed by atoms with E-state index in [1.165, 1.54) is 7.11 Å². The maximum Gasteiger partial charge on any atom is 0.263 e. The van der Waals surface area contributed by atoms with Gasteiger partial charge in [-0.2, -0.15) is 0 Å². The van der Waals surface area contributed by atoms with E-state index < -0.39 is 6.10 Å². The summed E-state index contributed by atoms with van der Waals surface area (Å²) < 4.78 is 4.87. The number of methoxy groups -OCH3 is 1. The molecular formula is C6H14N2O2. The third kappa shape index (κ3) is 2.33. The molecule has 0 aromatic rings. The van der Waals surface area contributed by atoms with Crippen LogP contribution in [0, 0.1) is 5.92 Å². The number of ether oxygens (including phenoxy) is 1. The van der Waals surface area contributed by atoms with Gasteiger partial charge in [-0.25, -0.2) is 5.84 Å². The molecule has 1 atom stereocenters. The first-order valence-electron chi connectivity index (χ1n) is 3.16. The molecule has 60 valence electrons. The van der Waals surface area contributed by atoms with Crippen LogP contribution in [0.3, 0.4) is 0 Å². The summed E-state index contributed by atoms with van der Waals surface area (Å²) in [4.78, 5) is 10.8. The molecule has 10 heavy (non-hydrogen) atoms. The van der Waals surface area contributed by atoms with Gasteiger partial charge in [0.25, 0.3) is 5.91 Å². The first kappa shape index (κ1) is 9.39. The van der Waals surface area contributed by atoms with Crippen LogP contribution >= 0.6 is 0 Å². The zero-order valence-electron chi connectivity index (χ0n) is 6.55. The lowest BCUT2D eigenvalue weighted by molar-refractivity contribution is -0.133. The SMILES string of the molecule is COC(C(=O)NN)C(C)C. The molecule has 0 aliphatic rings. The number of amides is 1. The van der Waals surface area contributed by atoms with Crippen molar-refractivity contribution in [3.63, 3.8) is 0 Å². The number of carbonyl (C=O) groups excluding carboxylic acids is 1. The van der Waals surface area contributed by atoms with Gasteiger partial charge in [0.1, 0.15) is 6.10 Å². The average Bonchev–Trinajstić information content (AvgIpc) is 1.88. The van der Waals surface area contributed by atoms with Crippen LogP contribution in [0.1, 0.15) is 13.8 Å². The number of hydrogen-bond donors (Lipinski definition) is 2. The molecule has 1 unspecified atom stereocenters. The first-order chi connectivity index (χ1) is 4.63. The summed E-state index contributed by atoms with van der Waals surface area (Å²) in [7, 11) is 1.49. The minimum absolute atomic E-state index is 0.147. The van der Waals surface area contributed by atoms with Crippen LogP contribution in [0.25, 0.3) is 0 Å². The van der Waals surface area contributed by atoms with Crippen molar-refractivity contribution in [2.75, 3.05) is 7.11 Å². The van der Waals surface area contributed by atoms with Gasteiger partial charge in [0.15, 0.2) is 0 Å². The highest BCUT2D eigenvalue weighted by Crippen LogP contribution is 2.04. The monoisotopic (exact) mass is 146 g/mol. The van der Waals surface area contributed by atoms with Gasteiger partial charge in [-0.15, -0.1) is 0 Å². The van der Waals surface area contributed by atoms with Crippen LogP contribution in [0.4, 0.5) is 0 Å². The van der Waals surface area contributed by atoms with Crippen LogP contribution in [0.2, 0.25) is 0 Å². The molecule has 0 aromatic heterocycles. The van der Waals surface area contributed by atoms with E-state index in [1.807, 2.05) is 19.3 Å². The molecule has 0 bridgehead atoms. The van der Waals surface area contributed by atoms with E-state index in [9.17, 15) is 4.79 Å². The highest BCUT2D eigenvalue weighted by molar-refractivity contribution is 5.80. The summed E-state index contributed by atoms with van der Waals surface area (Å²) in [5, 5.41) is 0. The van der Waals surface area contributed by atoms with Crippen molar-refractivity contribution in [1.29, 1.82) is 0 Å². The second-order valence-corrected chi connectivity index (χ2v) is 2.41. The minimum Gasteiger partial charge on any atom is -0.371 e. The molecule has 0 spiro atoms. The van der Waals surface area contributed by atoms with Crippen molar-refractivity contribution >= 4 is 5.91 Å². The molecule has 0 saturated heterocycles. The third-order valence-corrected chi connectivity index (χ3v) is 1.26. The Bertz CT molecular complexity index is 114. The standard InChI is InChI=1S/C6H14N2O2/c1-4(2)5(10-3)6(9)8-7/h4-5H,7H2,1-3H3,(H,8,9). The Kier molecular flexibility index (Phi) is 3.99. The summed E-state index contributed by atoms with van der Waals surface area (Å²) in [6.45, 7) is 3.78. The lowest BCUT2D eigenvalue weighted by Gasteiger charge is -2.16. The Morgan fingerprint density at radius 2 is 2.10 bits per heavy atom. The van der Waals surface area contributed by atoms with Gasteiger partial charge in [-0.3, -0.25) is 10.2 Å². The average molecular weight is 146 g/mol. The lowest BCUT2D eigenvalue weighted by Crippen LogP contribution is -2.42. The van der Waals surface area contributed by atoms with E-state index in [1.54, 1.807) is 0 Å². The molecule has 0 aromatic carbocycles. The predicted octanol–water partition coefficient (Wildman–Crippen LogP) is -0.353. The summed E-state index contributed by atoms with van der Waals surface area (Å²) in [5.41, 5.74) is 2.03. The zero-order valence-corrected chi connectivity index (χ0v) is 6.55. The largest absolute Gasteiger partial charge is 0.371 e. The van der Waals surface area contributed by atoms with Crippen molar-refractivity contribution in [2.24, 2.45) is 11.8 Å². The summed E-state index contributed by atoms with van der Waals surface area (Å²) >= 11 is 0. The molecule has 0 radical (unpaired) electrons. The molecule has 4 heteroatoms. The van der Waals surface area contributed by atoms with Gasteiger partial charge in [0, 0.05) is 7.11 Å². The Balaban J connectivity index is 3.93. The fourth-order valence-electron chi connectivity index (χ4n) is 0.764. The Morgan fingerprint density at radius 3 is 2.20 bits per heavy atom. The van der Waals surface area contributed by atoms with Gasteiger partial charge in [0.05, 0.1) is 0 Å². The highest BCUT2D eigenvalue weighted by Gasteiger charge is 2.19. The van der Waals surface area contributed by atoms with Crippen LogP contribution in [-0.2, 0) is 9.53 Å². The number of hydrazine groups is 1. The lowest BCUT2D eigenvalue weighted by atomic mass is 10.1. The summed E-state index contributed by atoms with van der Waals surface area (Å²) in [5.74, 6) is 4.77. The molecule has 3 N–H and O–H groups in total. The van der Waals surface area contributed by atoms with E-state index in [0.717, 1.165) is 0 Å². The summed E-state index contributed by atoms with van der Waals surface area (Å²) in [6, 6.07) is 0. The van der Waals surface area contributed by atoms with Crippen LogP contribution in [-0.4, -0.2) is 19.1 Å². The Morgan fingerprint density at radius 1 is 1.60 bits per heavy atom. The number of hydrogen-bond acceptors (Lipinski definition) is 3. The molecule has 1 amide bonds. The van der Waals surface area contributed by atoms with Crippen molar-refractivity contribution in [1.82, 2.24) is 5.43 Å². The topological polar surface area (TPSA) is 64.3 Å². The van der Waals surface area contributed by atoms with Crippen molar-refractivity contribution in [3.8, 4) is 0 Å². The van der Waals surface area contributed by atoms with E-state index >= 15 is 0 Å². The van der Waals surface area contributed by atoms with Crippen LogP contribution in [0.5, 0.6) is 0 Å². The summed E-state index contributed by atoms with van der Waals surface area (Å²) in [6.07, 6.45) is -0.440. The van der Waals surface area contributed by atoms with Gasteiger partial charge in [-0.1, -0.05) is 13.8 Å². The number of carbonyl (C=O) groups is 1. The van der Waals surface area contributed by atoms with Gasteiger partial charge < -0.3 is 4.74 Å². The fourth-order valence-corrected chi connectivity index (χ4v) is 0.764. The third-order valence-electron chi connectivity index (χ3n) is 1.26. The molecule has 4 nitrogen and oxygen atoms in total. The first-order valence-corrected chi connectivity index (χ1v) is 3.16. The predicted molar refractivity (Wildman–Crippen MR) is 38.0 cm³/mol. The normalized spacial score (nSPS) is 13.3.